The van der Waals surface area contributed by atoms with Crippen molar-refractivity contribution in [3.05, 3.63) is 59.5 Å². The van der Waals surface area contributed by atoms with Crippen LogP contribution in [0.2, 0.25) is 5.02 Å². The van der Waals surface area contributed by atoms with Crippen LogP contribution in [0, 0.1) is 6.92 Å². The van der Waals surface area contributed by atoms with E-state index in [1.807, 2.05) is 37.3 Å². The first-order valence-electron chi connectivity index (χ1n) is 7.28. The van der Waals surface area contributed by atoms with E-state index < -0.39 is 0 Å². The van der Waals surface area contributed by atoms with Crippen LogP contribution >= 0.6 is 11.6 Å². The van der Waals surface area contributed by atoms with Gasteiger partial charge in [0.2, 0.25) is 0 Å². The Morgan fingerprint density at radius 2 is 1.83 bits per heavy atom. The van der Waals surface area contributed by atoms with Gasteiger partial charge in [-0.15, -0.1) is 0 Å². The van der Waals surface area contributed by atoms with Crippen molar-refractivity contribution in [1.82, 2.24) is 20.1 Å². The summed E-state index contributed by atoms with van der Waals surface area (Å²) in [5.41, 5.74) is 2.71. The summed E-state index contributed by atoms with van der Waals surface area (Å²) < 4.78 is 5.33. The second kappa shape index (κ2) is 5.90. The topological polar surface area (TPSA) is 76.7 Å². The van der Waals surface area contributed by atoms with E-state index in [4.69, 9.17) is 16.1 Å². The smallest absolute Gasteiger partial charge is 0.263 e. The van der Waals surface area contributed by atoms with Crippen molar-refractivity contribution in [2.45, 2.75) is 6.92 Å². The standard InChI is InChI=1S/C17H12ClN5O/c1-10-14-16(20-11-6-8-19-9-7-11)21-15(22-17(14)24-23-10)12-4-2-3-5-13(12)18/h2-9H,1H3,(H,19,20,21,22). The largest absolute Gasteiger partial charge is 0.339 e. The molecule has 1 aromatic carbocycles. The molecule has 0 bridgehead atoms. The Kier molecular flexibility index (Phi) is 3.59. The van der Waals surface area contributed by atoms with Crippen LogP contribution in [-0.4, -0.2) is 20.1 Å². The normalized spacial score (nSPS) is 10.9. The predicted octanol–water partition coefficient (Wildman–Crippen LogP) is 4.39. The minimum absolute atomic E-state index is 0.411. The molecule has 0 saturated carbocycles. The van der Waals surface area contributed by atoms with Crippen molar-refractivity contribution >= 4 is 34.2 Å². The van der Waals surface area contributed by atoms with Crippen LogP contribution in [0.15, 0.2) is 53.3 Å². The van der Waals surface area contributed by atoms with E-state index in [-0.39, 0.29) is 0 Å². The first-order chi connectivity index (χ1) is 11.7. The number of nitrogens with one attached hydrogen (secondary N) is 1. The SMILES string of the molecule is Cc1noc2nc(-c3ccccc3Cl)nc(Nc3ccncc3)c12. The fraction of sp³-hybridized carbons (Fsp3) is 0.0588. The highest BCUT2D eigenvalue weighted by Crippen LogP contribution is 2.31. The molecule has 0 aliphatic carbocycles. The van der Waals surface area contributed by atoms with Gasteiger partial charge in [-0.2, -0.15) is 4.98 Å². The number of benzene rings is 1. The van der Waals surface area contributed by atoms with Crippen LogP contribution in [0.25, 0.3) is 22.5 Å². The number of hydrogen-bond acceptors (Lipinski definition) is 6. The fourth-order valence-corrected chi connectivity index (χ4v) is 2.64. The summed E-state index contributed by atoms with van der Waals surface area (Å²) in [6.07, 6.45) is 3.41. The monoisotopic (exact) mass is 337 g/mol. The van der Waals surface area contributed by atoms with Gasteiger partial charge < -0.3 is 9.84 Å². The highest BCUT2D eigenvalue weighted by atomic mass is 35.5. The van der Waals surface area contributed by atoms with Gasteiger partial charge in [0.25, 0.3) is 5.71 Å². The molecule has 6 nitrogen and oxygen atoms in total. The molecule has 24 heavy (non-hydrogen) atoms. The number of anilines is 2. The van der Waals surface area contributed by atoms with Crippen LogP contribution in [0.1, 0.15) is 5.69 Å². The molecule has 0 aliphatic heterocycles. The lowest BCUT2D eigenvalue weighted by atomic mass is 10.2. The van der Waals surface area contributed by atoms with E-state index in [0.717, 1.165) is 16.6 Å². The van der Waals surface area contributed by atoms with Gasteiger partial charge in [0.15, 0.2) is 5.82 Å². The molecule has 3 heterocycles. The Morgan fingerprint density at radius 3 is 2.62 bits per heavy atom. The molecule has 0 amide bonds. The second-order valence-corrected chi connectivity index (χ2v) is 5.59. The van der Waals surface area contributed by atoms with Gasteiger partial charge in [-0.1, -0.05) is 28.9 Å². The summed E-state index contributed by atoms with van der Waals surface area (Å²) in [4.78, 5) is 13.1. The summed E-state index contributed by atoms with van der Waals surface area (Å²) in [6.45, 7) is 1.85. The first-order valence-corrected chi connectivity index (χ1v) is 7.66. The molecule has 118 valence electrons. The van der Waals surface area contributed by atoms with Crippen LogP contribution in [0.4, 0.5) is 11.5 Å². The Morgan fingerprint density at radius 1 is 1.04 bits per heavy atom. The highest BCUT2D eigenvalue weighted by molar-refractivity contribution is 6.33. The molecule has 0 radical (unpaired) electrons. The highest BCUT2D eigenvalue weighted by Gasteiger charge is 2.17. The van der Waals surface area contributed by atoms with E-state index in [0.29, 0.717) is 28.1 Å². The Hall–Kier alpha value is -2.99. The molecule has 0 saturated heterocycles. The minimum Gasteiger partial charge on any atom is -0.339 e. The molecule has 1 N–H and O–H groups in total. The number of aromatic nitrogens is 4. The third-order valence-electron chi connectivity index (χ3n) is 3.56. The lowest BCUT2D eigenvalue weighted by molar-refractivity contribution is 0.443. The van der Waals surface area contributed by atoms with Crippen molar-refractivity contribution in [2.75, 3.05) is 5.32 Å². The van der Waals surface area contributed by atoms with Crippen molar-refractivity contribution in [2.24, 2.45) is 0 Å². The average molecular weight is 338 g/mol. The zero-order chi connectivity index (χ0) is 16.5. The quantitative estimate of drug-likeness (QED) is 0.597. The molecule has 0 fully saturated rings. The first kappa shape index (κ1) is 14.6. The molecule has 3 aromatic heterocycles. The van der Waals surface area contributed by atoms with Crippen molar-refractivity contribution in [3.63, 3.8) is 0 Å². The van der Waals surface area contributed by atoms with Gasteiger partial charge in [0.1, 0.15) is 11.2 Å². The van der Waals surface area contributed by atoms with Gasteiger partial charge in [-0.3, -0.25) is 4.98 Å². The molecule has 0 atom stereocenters. The number of aryl methyl sites for hydroxylation is 1. The number of hydrogen-bond donors (Lipinski definition) is 1. The zero-order valence-corrected chi connectivity index (χ0v) is 13.4. The third kappa shape index (κ3) is 2.57. The molecule has 4 aromatic rings. The molecular formula is C17H12ClN5O. The van der Waals surface area contributed by atoms with Gasteiger partial charge in [0, 0.05) is 23.6 Å². The van der Waals surface area contributed by atoms with Gasteiger partial charge in [-0.25, -0.2) is 4.98 Å². The van der Waals surface area contributed by atoms with Crippen LogP contribution in [-0.2, 0) is 0 Å². The molecule has 4 rings (SSSR count). The Balaban J connectivity index is 1.90. The van der Waals surface area contributed by atoms with E-state index in [1.54, 1.807) is 18.5 Å². The number of rotatable bonds is 3. The van der Waals surface area contributed by atoms with Gasteiger partial charge >= 0.3 is 0 Å². The minimum atomic E-state index is 0.411. The van der Waals surface area contributed by atoms with E-state index in [9.17, 15) is 0 Å². The molecule has 0 aliphatic rings. The molecular weight excluding hydrogens is 326 g/mol. The van der Waals surface area contributed by atoms with Crippen LogP contribution in [0.5, 0.6) is 0 Å². The summed E-state index contributed by atoms with van der Waals surface area (Å²) >= 11 is 6.27. The van der Waals surface area contributed by atoms with E-state index in [2.05, 4.69) is 25.4 Å². The number of pyridine rings is 1. The lowest BCUT2D eigenvalue weighted by Gasteiger charge is -2.09. The summed E-state index contributed by atoms with van der Waals surface area (Å²) in [6, 6.07) is 11.1. The van der Waals surface area contributed by atoms with Gasteiger partial charge in [-0.05, 0) is 31.2 Å². The molecule has 7 heteroatoms. The summed E-state index contributed by atoms with van der Waals surface area (Å²) in [5.74, 6) is 1.08. The predicted molar refractivity (Wildman–Crippen MR) is 92.3 cm³/mol. The van der Waals surface area contributed by atoms with Crippen molar-refractivity contribution < 1.29 is 4.52 Å². The van der Waals surface area contributed by atoms with Crippen LogP contribution < -0.4 is 5.32 Å². The number of nitrogens with zero attached hydrogens (tertiary/aromatic N) is 4. The van der Waals surface area contributed by atoms with E-state index in [1.165, 1.54) is 0 Å². The maximum absolute atomic E-state index is 6.27. The van der Waals surface area contributed by atoms with Crippen molar-refractivity contribution in [1.29, 1.82) is 0 Å². The zero-order valence-electron chi connectivity index (χ0n) is 12.7. The second-order valence-electron chi connectivity index (χ2n) is 5.18. The fourth-order valence-electron chi connectivity index (χ4n) is 2.42. The Labute approximate surface area is 142 Å². The molecule has 0 spiro atoms. The van der Waals surface area contributed by atoms with Gasteiger partial charge in [0.05, 0.1) is 10.7 Å². The summed E-state index contributed by atoms with van der Waals surface area (Å²) in [7, 11) is 0. The number of fused-ring (bicyclic) bond motifs is 1. The molecule has 0 unspecified atom stereocenters. The maximum Gasteiger partial charge on any atom is 0.263 e. The Bertz CT molecular complexity index is 1020. The maximum atomic E-state index is 6.27. The lowest BCUT2D eigenvalue weighted by Crippen LogP contribution is -1.99. The third-order valence-corrected chi connectivity index (χ3v) is 3.89. The van der Waals surface area contributed by atoms with Crippen molar-refractivity contribution in [3.8, 4) is 11.4 Å². The summed E-state index contributed by atoms with van der Waals surface area (Å²) in [5, 5.41) is 8.57. The number of halogens is 1. The van der Waals surface area contributed by atoms with E-state index >= 15 is 0 Å². The van der Waals surface area contributed by atoms with Crippen LogP contribution in [0.3, 0.4) is 0 Å². The average Bonchev–Trinajstić information content (AvgIpc) is 2.97.